The standard InChI is InChI=1S/C28H35F2N3O6.C2H6/c1-7-8-22(35)19-13-20(29)25(17(3)26(19)30)27-21(33-10-9-16(2)11-23(33)31-27)12-18(34)14-32(28(36)39-6)15-24(37-4)38-5;1-2/h9-11,13,18,24,34H,7-8,12,14-15H2,1-6H3;1-2H3/t18-;/m0./s1. The van der Waals surface area contributed by atoms with Crippen molar-refractivity contribution in [2.75, 3.05) is 34.4 Å². The number of aryl methyl sites for hydroxylation is 1. The molecule has 1 atom stereocenters. The molecular weight excluding hydrogens is 536 g/mol. The van der Waals surface area contributed by atoms with E-state index in [1.807, 2.05) is 26.8 Å². The number of pyridine rings is 1. The monoisotopic (exact) mass is 577 g/mol. The molecule has 2 heterocycles. The topological polar surface area (TPSA) is 103 Å². The van der Waals surface area contributed by atoms with Gasteiger partial charge in [0.2, 0.25) is 0 Å². The first-order valence-corrected chi connectivity index (χ1v) is 13.6. The fourth-order valence-electron chi connectivity index (χ4n) is 4.52. The molecule has 0 aliphatic heterocycles. The number of hydrogen-bond acceptors (Lipinski definition) is 7. The number of aliphatic hydroxyl groups is 1. The number of carbonyl (C=O) groups excluding carboxylic acids is 2. The number of imidazole rings is 1. The highest BCUT2D eigenvalue weighted by Gasteiger charge is 2.28. The molecule has 0 bridgehead atoms. The molecule has 0 fully saturated rings. The normalized spacial score (nSPS) is 11.8. The van der Waals surface area contributed by atoms with Crippen LogP contribution in [0.5, 0.6) is 0 Å². The van der Waals surface area contributed by atoms with E-state index in [1.165, 1.54) is 33.2 Å². The number of nitrogens with zero attached hydrogens (tertiary/aromatic N) is 3. The van der Waals surface area contributed by atoms with Gasteiger partial charge < -0.3 is 28.6 Å². The Morgan fingerprint density at radius 2 is 1.76 bits per heavy atom. The molecule has 0 unspecified atom stereocenters. The molecule has 0 aliphatic rings. The number of ketones is 1. The molecule has 0 saturated heterocycles. The molecular formula is C30H41F2N3O6. The second-order valence-electron chi connectivity index (χ2n) is 9.37. The van der Waals surface area contributed by atoms with Gasteiger partial charge in [0.25, 0.3) is 0 Å². The van der Waals surface area contributed by atoms with Gasteiger partial charge in [-0.25, -0.2) is 18.6 Å². The average molecular weight is 578 g/mol. The summed E-state index contributed by atoms with van der Waals surface area (Å²) < 4.78 is 47.8. The predicted molar refractivity (Wildman–Crippen MR) is 152 cm³/mol. The van der Waals surface area contributed by atoms with Crippen molar-refractivity contribution in [2.24, 2.45) is 0 Å². The van der Waals surface area contributed by atoms with Crippen LogP contribution in [0.2, 0.25) is 0 Å². The molecule has 41 heavy (non-hydrogen) atoms. The van der Waals surface area contributed by atoms with Crippen molar-refractivity contribution in [2.45, 2.75) is 66.3 Å². The maximum atomic E-state index is 15.6. The second-order valence-corrected chi connectivity index (χ2v) is 9.37. The lowest BCUT2D eigenvalue weighted by atomic mass is 9.95. The highest BCUT2D eigenvalue weighted by Crippen LogP contribution is 2.34. The van der Waals surface area contributed by atoms with E-state index in [-0.39, 0.29) is 48.3 Å². The molecule has 3 rings (SSSR count). The number of methoxy groups -OCH3 is 3. The van der Waals surface area contributed by atoms with E-state index in [0.29, 0.717) is 17.8 Å². The number of fused-ring (bicyclic) bond motifs is 1. The fourth-order valence-corrected chi connectivity index (χ4v) is 4.52. The maximum absolute atomic E-state index is 15.6. The lowest BCUT2D eigenvalue weighted by Gasteiger charge is -2.27. The van der Waals surface area contributed by atoms with Crippen LogP contribution in [0.3, 0.4) is 0 Å². The first kappa shape index (κ1) is 33.8. The Hall–Kier alpha value is -3.41. The third kappa shape index (κ3) is 7.87. The lowest BCUT2D eigenvalue weighted by Crippen LogP contribution is -2.43. The molecule has 226 valence electrons. The van der Waals surface area contributed by atoms with Crippen molar-refractivity contribution in [3.8, 4) is 11.3 Å². The zero-order valence-corrected chi connectivity index (χ0v) is 25.1. The van der Waals surface area contributed by atoms with E-state index < -0.39 is 35.9 Å². The number of ether oxygens (including phenoxy) is 3. The Balaban J connectivity index is 0.00000287. The number of aromatic nitrogens is 2. The summed E-state index contributed by atoms with van der Waals surface area (Å²) in [4.78, 5) is 30.6. The number of hydrogen-bond donors (Lipinski definition) is 1. The van der Waals surface area contributed by atoms with E-state index in [1.54, 1.807) is 23.6 Å². The van der Waals surface area contributed by atoms with E-state index in [0.717, 1.165) is 11.6 Å². The van der Waals surface area contributed by atoms with Gasteiger partial charge in [0, 0.05) is 38.8 Å². The van der Waals surface area contributed by atoms with Crippen LogP contribution in [0, 0.1) is 25.5 Å². The van der Waals surface area contributed by atoms with E-state index >= 15 is 8.78 Å². The summed E-state index contributed by atoms with van der Waals surface area (Å²) in [5.41, 5.74) is 1.48. The van der Waals surface area contributed by atoms with Gasteiger partial charge in [0.05, 0.1) is 43.3 Å². The van der Waals surface area contributed by atoms with E-state index in [4.69, 9.17) is 14.2 Å². The molecule has 0 saturated carbocycles. The van der Waals surface area contributed by atoms with Crippen molar-refractivity contribution in [1.29, 1.82) is 0 Å². The number of benzene rings is 1. The zero-order chi connectivity index (χ0) is 30.9. The minimum absolute atomic E-state index is 0.0118. The Morgan fingerprint density at radius 3 is 2.34 bits per heavy atom. The van der Waals surface area contributed by atoms with Crippen molar-refractivity contribution >= 4 is 17.5 Å². The highest BCUT2D eigenvalue weighted by atomic mass is 19.1. The molecule has 1 aromatic carbocycles. The van der Waals surface area contributed by atoms with Crippen LogP contribution in [0.15, 0.2) is 24.4 Å². The highest BCUT2D eigenvalue weighted by molar-refractivity contribution is 5.97. The molecule has 0 radical (unpaired) electrons. The number of amides is 1. The molecule has 3 aromatic rings. The minimum Gasteiger partial charge on any atom is -0.453 e. The molecule has 11 heteroatoms. The Morgan fingerprint density at radius 1 is 1.10 bits per heavy atom. The summed E-state index contributed by atoms with van der Waals surface area (Å²) in [7, 11) is 4.06. The number of aliphatic hydroxyl groups excluding tert-OH is 1. The predicted octanol–water partition coefficient (Wildman–Crippen LogP) is 5.50. The van der Waals surface area contributed by atoms with Gasteiger partial charge in [0.1, 0.15) is 17.3 Å². The average Bonchev–Trinajstić information content (AvgIpc) is 3.29. The molecule has 1 amide bonds. The third-order valence-corrected chi connectivity index (χ3v) is 6.53. The van der Waals surface area contributed by atoms with Gasteiger partial charge in [-0.2, -0.15) is 0 Å². The lowest BCUT2D eigenvalue weighted by molar-refractivity contribution is -0.115. The molecule has 0 aliphatic carbocycles. The van der Waals surface area contributed by atoms with Gasteiger partial charge in [-0.05, 0) is 49.6 Å². The van der Waals surface area contributed by atoms with Crippen molar-refractivity contribution < 1.29 is 37.7 Å². The Bertz CT molecular complexity index is 1340. The molecule has 1 N–H and O–H groups in total. The van der Waals surface area contributed by atoms with Gasteiger partial charge in [-0.1, -0.05) is 20.8 Å². The SMILES string of the molecule is CC.CCCC(=O)c1cc(F)c(-c2nc3cc(C)ccn3c2C[C@H](O)CN(CC(OC)OC)C(=O)OC)c(C)c1F. The van der Waals surface area contributed by atoms with Crippen LogP contribution in [-0.4, -0.2) is 78.1 Å². The second kappa shape index (κ2) is 15.6. The van der Waals surface area contributed by atoms with E-state index in [2.05, 4.69) is 4.98 Å². The van der Waals surface area contributed by atoms with Crippen LogP contribution in [0.1, 0.15) is 60.8 Å². The number of carbonyl (C=O) groups is 2. The van der Waals surface area contributed by atoms with Crippen LogP contribution in [0.4, 0.5) is 13.6 Å². The maximum Gasteiger partial charge on any atom is 0.409 e. The first-order valence-electron chi connectivity index (χ1n) is 13.6. The number of rotatable bonds is 12. The van der Waals surface area contributed by atoms with Crippen LogP contribution >= 0.6 is 0 Å². The van der Waals surface area contributed by atoms with Crippen molar-refractivity contribution in [3.63, 3.8) is 0 Å². The fraction of sp³-hybridized carbons (Fsp3) is 0.500. The summed E-state index contributed by atoms with van der Waals surface area (Å²) in [6.45, 7) is 8.89. The van der Waals surface area contributed by atoms with Crippen LogP contribution in [-0.2, 0) is 20.6 Å². The zero-order valence-electron chi connectivity index (χ0n) is 25.1. The van der Waals surface area contributed by atoms with Crippen molar-refractivity contribution in [3.05, 3.63) is 58.4 Å². The van der Waals surface area contributed by atoms with Crippen LogP contribution in [0.25, 0.3) is 16.9 Å². The molecule has 0 spiro atoms. The summed E-state index contributed by atoms with van der Waals surface area (Å²) >= 11 is 0. The van der Waals surface area contributed by atoms with Gasteiger partial charge in [-0.3, -0.25) is 4.79 Å². The smallest absolute Gasteiger partial charge is 0.409 e. The largest absolute Gasteiger partial charge is 0.453 e. The summed E-state index contributed by atoms with van der Waals surface area (Å²) in [6, 6.07) is 4.53. The third-order valence-electron chi connectivity index (χ3n) is 6.53. The number of halogens is 2. The van der Waals surface area contributed by atoms with Gasteiger partial charge in [-0.15, -0.1) is 0 Å². The summed E-state index contributed by atoms with van der Waals surface area (Å²) in [5, 5.41) is 11.1. The summed E-state index contributed by atoms with van der Waals surface area (Å²) in [6.07, 6.45) is -0.309. The first-order chi connectivity index (χ1) is 19.6. The van der Waals surface area contributed by atoms with Crippen LogP contribution < -0.4 is 0 Å². The quantitative estimate of drug-likeness (QED) is 0.224. The molecule has 9 nitrogen and oxygen atoms in total. The Labute approximate surface area is 240 Å². The van der Waals surface area contributed by atoms with Gasteiger partial charge >= 0.3 is 6.09 Å². The van der Waals surface area contributed by atoms with Crippen molar-refractivity contribution in [1.82, 2.24) is 14.3 Å². The Kier molecular flexibility index (Phi) is 12.8. The number of Topliss-reactive ketones (excluding diaryl/α,β-unsaturated/α-hetero) is 1. The minimum atomic E-state index is -1.14. The molecule has 2 aromatic heterocycles. The summed E-state index contributed by atoms with van der Waals surface area (Å²) in [5.74, 6) is -2.06. The van der Waals surface area contributed by atoms with E-state index in [9.17, 15) is 14.7 Å². The van der Waals surface area contributed by atoms with Gasteiger partial charge in [0.15, 0.2) is 12.1 Å².